The lowest BCUT2D eigenvalue weighted by atomic mass is 10.0. The van der Waals surface area contributed by atoms with Gasteiger partial charge in [0.15, 0.2) is 0 Å². The summed E-state index contributed by atoms with van der Waals surface area (Å²) in [6.45, 7) is 4.75. The molecule has 23 heavy (non-hydrogen) atoms. The number of benzene rings is 2. The van der Waals surface area contributed by atoms with Gasteiger partial charge in [-0.15, -0.1) is 0 Å². The summed E-state index contributed by atoms with van der Waals surface area (Å²) in [5.74, 6) is 0.841. The first-order valence-corrected chi connectivity index (χ1v) is 8.97. The van der Waals surface area contributed by atoms with Gasteiger partial charge in [-0.2, -0.15) is 0 Å². The zero-order valence-electron chi connectivity index (χ0n) is 13.7. The van der Waals surface area contributed by atoms with Crippen LogP contribution in [0.15, 0.2) is 54.6 Å². The monoisotopic (exact) mass is 306 g/mol. The summed E-state index contributed by atoms with van der Waals surface area (Å²) in [7, 11) is 0. The van der Waals surface area contributed by atoms with Crippen LogP contribution >= 0.6 is 0 Å². The van der Waals surface area contributed by atoms with Crippen LogP contribution in [0.2, 0.25) is 0 Å². The summed E-state index contributed by atoms with van der Waals surface area (Å²) in [6, 6.07) is 20.5. The van der Waals surface area contributed by atoms with E-state index >= 15 is 0 Å². The highest BCUT2D eigenvalue weighted by Gasteiger charge is 2.33. The Kier molecular flexibility index (Phi) is 4.45. The molecule has 0 amide bonds. The third kappa shape index (κ3) is 3.82. The Morgan fingerprint density at radius 1 is 0.913 bits per heavy atom. The van der Waals surface area contributed by atoms with Crippen LogP contribution in [0.4, 0.5) is 0 Å². The maximum atomic E-state index is 3.68. The van der Waals surface area contributed by atoms with Gasteiger partial charge in [-0.25, -0.2) is 0 Å². The van der Waals surface area contributed by atoms with Gasteiger partial charge in [0, 0.05) is 19.1 Å². The van der Waals surface area contributed by atoms with E-state index in [2.05, 4.69) is 64.8 Å². The van der Waals surface area contributed by atoms with Crippen molar-refractivity contribution in [1.29, 1.82) is 0 Å². The smallest absolute Gasteiger partial charge is 0.0205 e. The highest BCUT2D eigenvalue weighted by molar-refractivity contribution is 5.63. The summed E-state index contributed by atoms with van der Waals surface area (Å²) >= 11 is 0. The summed E-state index contributed by atoms with van der Waals surface area (Å²) in [5, 5.41) is 3.68. The fourth-order valence-corrected chi connectivity index (χ4v) is 3.71. The van der Waals surface area contributed by atoms with Gasteiger partial charge in [-0.05, 0) is 61.0 Å². The molecule has 0 radical (unpaired) electrons. The van der Waals surface area contributed by atoms with Crippen molar-refractivity contribution >= 4 is 0 Å². The molecule has 1 atom stereocenters. The molecule has 2 fully saturated rings. The van der Waals surface area contributed by atoms with Gasteiger partial charge in [0.25, 0.3) is 0 Å². The first-order chi connectivity index (χ1) is 11.4. The third-order valence-electron chi connectivity index (χ3n) is 5.18. The molecule has 0 aromatic heterocycles. The Labute approximate surface area is 139 Å². The molecule has 1 saturated carbocycles. The fourth-order valence-electron chi connectivity index (χ4n) is 3.71. The van der Waals surface area contributed by atoms with Crippen molar-refractivity contribution in [1.82, 2.24) is 10.2 Å². The summed E-state index contributed by atoms with van der Waals surface area (Å²) < 4.78 is 0. The zero-order valence-corrected chi connectivity index (χ0v) is 13.7. The van der Waals surface area contributed by atoms with Crippen LogP contribution in [0.3, 0.4) is 0 Å². The fraction of sp³-hybridized carbons (Fsp3) is 0.429. The lowest BCUT2D eigenvalue weighted by Crippen LogP contribution is -2.27. The molecule has 2 heteroatoms. The van der Waals surface area contributed by atoms with Crippen LogP contribution in [0.1, 0.15) is 24.8 Å². The van der Waals surface area contributed by atoms with E-state index in [4.69, 9.17) is 0 Å². The van der Waals surface area contributed by atoms with Gasteiger partial charge in [-0.3, -0.25) is 0 Å². The highest BCUT2D eigenvalue weighted by atomic mass is 15.2. The Bertz CT molecular complexity index is 633. The molecule has 0 spiro atoms. The molecule has 0 bridgehead atoms. The van der Waals surface area contributed by atoms with E-state index in [1.807, 2.05) is 0 Å². The molecule has 1 aliphatic carbocycles. The molecule has 1 heterocycles. The minimum atomic E-state index is 0.841. The largest absolute Gasteiger partial charge is 0.312 e. The molecule has 1 aliphatic heterocycles. The van der Waals surface area contributed by atoms with Crippen LogP contribution in [0, 0.1) is 5.92 Å². The van der Waals surface area contributed by atoms with Crippen molar-refractivity contribution < 1.29 is 0 Å². The first kappa shape index (κ1) is 14.9. The third-order valence-corrected chi connectivity index (χ3v) is 5.18. The molecule has 2 aromatic rings. The van der Waals surface area contributed by atoms with Crippen molar-refractivity contribution in [3.05, 3.63) is 60.2 Å². The van der Waals surface area contributed by atoms with Crippen molar-refractivity contribution in [2.45, 2.75) is 31.8 Å². The second kappa shape index (κ2) is 6.86. The Balaban J connectivity index is 1.29. The summed E-state index contributed by atoms with van der Waals surface area (Å²) in [5.41, 5.74) is 3.99. The standard InChI is InChI=1S/C21H26N2/c1-2-6-19(7-3-1)20-8-4-5-17(13-20)14-22-15-18-11-12-23(16-18)21-9-10-21/h1-8,13,18,21-22H,9-12,14-16H2. The van der Waals surface area contributed by atoms with Crippen molar-refractivity contribution in [2.24, 2.45) is 5.92 Å². The summed E-state index contributed by atoms with van der Waals surface area (Å²) in [6.07, 6.45) is 4.24. The van der Waals surface area contributed by atoms with Crippen molar-refractivity contribution in [3.63, 3.8) is 0 Å². The lowest BCUT2D eigenvalue weighted by molar-refractivity contribution is 0.312. The Morgan fingerprint density at radius 3 is 2.57 bits per heavy atom. The van der Waals surface area contributed by atoms with Gasteiger partial charge in [0.05, 0.1) is 0 Å². The van der Waals surface area contributed by atoms with Gasteiger partial charge >= 0.3 is 0 Å². The predicted molar refractivity (Wildman–Crippen MR) is 96.3 cm³/mol. The molecule has 120 valence electrons. The number of hydrogen-bond acceptors (Lipinski definition) is 2. The molecule has 2 nitrogen and oxygen atoms in total. The van der Waals surface area contributed by atoms with Crippen LogP contribution in [-0.4, -0.2) is 30.6 Å². The van der Waals surface area contributed by atoms with Crippen LogP contribution in [0.5, 0.6) is 0 Å². The number of nitrogens with zero attached hydrogens (tertiary/aromatic N) is 1. The second-order valence-corrected chi connectivity index (χ2v) is 7.08. The quantitative estimate of drug-likeness (QED) is 0.870. The second-order valence-electron chi connectivity index (χ2n) is 7.08. The first-order valence-electron chi connectivity index (χ1n) is 8.97. The maximum Gasteiger partial charge on any atom is 0.0205 e. The number of hydrogen-bond donors (Lipinski definition) is 1. The van der Waals surface area contributed by atoms with Crippen LogP contribution in [-0.2, 0) is 6.54 Å². The maximum absolute atomic E-state index is 3.68. The van der Waals surface area contributed by atoms with Crippen LogP contribution in [0.25, 0.3) is 11.1 Å². The molecule has 1 unspecified atom stereocenters. The topological polar surface area (TPSA) is 15.3 Å². The summed E-state index contributed by atoms with van der Waals surface area (Å²) in [4.78, 5) is 2.70. The minimum absolute atomic E-state index is 0.841. The predicted octanol–water partition coefficient (Wildman–Crippen LogP) is 3.93. The Morgan fingerprint density at radius 2 is 1.74 bits per heavy atom. The van der Waals surface area contributed by atoms with Crippen molar-refractivity contribution in [2.75, 3.05) is 19.6 Å². The van der Waals surface area contributed by atoms with Gasteiger partial charge in [-0.1, -0.05) is 48.5 Å². The number of likely N-dealkylation sites (tertiary alicyclic amines) is 1. The van der Waals surface area contributed by atoms with E-state index in [0.29, 0.717) is 0 Å². The number of nitrogens with one attached hydrogen (secondary N) is 1. The molecule has 4 rings (SSSR count). The van der Waals surface area contributed by atoms with E-state index in [1.165, 1.54) is 49.0 Å². The van der Waals surface area contributed by atoms with Gasteiger partial charge in [0.1, 0.15) is 0 Å². The van der Waals surface area contributed by atoms with E-state index in [9.17, 15) is 0 Å². The molecule has 1 saturated heterocycles. The van der Waals surface area contributed by atoms with E-state index in [-0.39, 0.29) is 0 Å². The molecule has 2 aromatic carbocycles. The van der Waals surface area contributed by atoms with E-state index in [0.717, 1.165) is 25.0 Å². The molecular weight excluding hydrogens is 280 g/mol. The van der Waals surface area contributed by atoms with Gasteiger partial charge < -0.3 is 10.2 Å². The molecule has 2 aliphatic rings. The van der Waals surface area contributed by atoms with Gasteiger partial charge in [0.2, 0.25) is 0 Å². The SMILES string of the molecule is c1ccc(-c2cccc(CNCC3CCN(C4CC4)C3)c2)cc1. The number of rotatable bonds is 6. The molecular formula is C21H26N2. The van der Waals surface area contributed by atoms with Crippen LogP contribution < -0.4 is 5.32 Å². The van der Waals surface area contributed by atoms with E-state index < -0.39 is 0 Å². The average molecular weight is 306 g/mol. The molecule has 1 N–H and O–H groups in total. The van der Waals surface area contributed by atoms with Crippen molar-refractivity contribution in [3.8, 4) is 11.1 Å². The highest BCUT2D eigenvalue weighted by Crippen LogP contribution is 2.31. The Hall–Kier alpha value is -1.64. The average Bonchev–Trinajstić information content (AvgIpc) is 3.35. The lowest BCUT2D eigenvalue weighted by Gasteiger charge is -2.15. The normalized spacial score (nSPS) is 21.7. The zero-order chi connectivity index (χ0) is 15.5. The minimum Gasteiger partial charge on any atom is -0.312 e. The van der Waals surface area contributed by atoms with E-state index in [1.54, 1.807) is 0 Å².